The molecular formula is C5H12O4PS+. The van der Waals surface area contributed by atoms with Crippen LogP contribution in [0.15, 0.2) is 0 Å². The van der Waals surface area contributed by atoms with E-state index in [9.17, 15) is 0 Å². The van der Waals surface area contributed by atoms with Crippen molar-refractivity contribution in [3.8, 4) is 0 Å². The second kappa shape index (κ2) is 4.03. The first-order valence-corrected chi connectivity index (χ1v) is 6.18. The standard InChI is InChI=1S/C5H12O4PS/c6-10(7,11)9-4-5-2-1-3-8-5/h5-7,11H,1-4H2/q+1. The average molecular weight is 199 g/mol. The zero-order chi connectivity index (χ0) is 8.32. The third-order valence-electron chi connectivity index (χ3n) is 1.46. The summed E-state index contributed by atoms with van der Waals surface area (Å²) in [6.45, 7) is 0.965. The molecule has 4 nitrogen and oxygen atoms in total. The molecule has 1 atom stereocenters. The summed E-state index contributed by atoms with van der Waals surface area (Å²) >= 11 is 3.47. The van der Waals surface area contributed by atoms with Crippen LogP contribution in [0.3, 0.4) is 0 Å². The van der Waals surface area contributed by atoms with Crippen LogP contribution in [0.25, 0.3) is 0 Å². The monoisotopic (exact) mass is 199 g/mol. The van der Waals surface area contributed by atoms with Crippen molar-refractivity contribution in [2.24, 2.45) is 0 Å². The highest BCUT2D eigenvalue weighted by molar-refractivity contribution is 8.47. The van der Waals surface area contributed by atoms with E-state index in [-0.39, 0.29) is 12.7 Å². The van der Waals surface area contributed by atoms with Gasteiger partial charge in [-0.3, -0.25) is 0 Å². The summed E-state index contributed by atoms with van der Waals surface area (Å²) in [5.41, 5.74) is 0. The Hall–Kier alpha value is 0.620. The normalized spacial score (nSPS) is 25.9. The van der Waals surface area contributed by atoms with E-state index in [4.69, 9.17) is 14.5 Å². The van der Waals surface area contributed by atoms with Crippen LogP contribution in [-0.2, 0) is 9.26 Å². The zero-order valence-electron chi connectivity index (χ0n) is 6.01. The topological polar surface area (TPSA) is 58.9 Å². The Morgan fingerprint density at radius 1 is 1.64 bits per heavy atom. The highest BCUT2D eigenvalue weighted by atomic mass is 32.7. The van der Waals surface area contributed by atoms with Crippen LogP contribution in [0.4, 0.5) is 0 Å². The van der Waals surface area contributed by atoms with Gasteiger partial charge in [0.2, 0.25) is 0 Å². The maximum Gasteiger partial charge on any atom is 0.472 e. The van der Waals surface area contributed by atoms with Gasteiger partial charge in [0.1, 0.15) is 6.61 Å². The van der Waals surface area contributed by atoms with E-state index in [1.807, 2.05) is 0 Å². The highest BCUT2D eigenvalue weighted by Gasteiger charge is 2.32. The van der Waals surface area contributed by atoms with Gasteiger partial charge in [-0.2, -0.15) is 14.3 Å². The van der Waals surface area contributed by atoms with E-state index in [1.54, 1.807) is 0 Å². The number of rotatable bonds is 3. The second-order valence-electron chi connectivity index (χ2n) is 2.44. The minimum atomic E-state index is -3.35. The van der Waals surface area contributed by atoms with Crippen LogP contribution in [0.2, 0.25) is 0 Å². The fourth-order valence-corrected chi connectivity index (χ4v) is 1.53. The van der Waals surface area contributed by atoms with Crippen molar-refractivity contribution in [3.63, 3.8) is 0 Å². The number of thiol groups is 1. The van der Waals surface area contributed by atoms with Crippen molar-refractivity contribution >= 4 is 19.4 Å². The van der Waals surface area contributed by atoms with Crippen molar-refractivity contribution < 1.29 is 19.0 Å². The lowest BCUT2D eigenvalue weighted by atomic mass is 10.2. The van der Waals surface area contributed by atoms with E-state index < -0.39 is 7.15 Å². The Morgan fingerprint density at radius 3 is 2.82 bits per heavy atom. The molecule has 1 unspecified atom stereocenters. The van der Waals surface area contributed by atoms with Crippen LogP contribution in [0, 0.1) is 0 Å². The Bertz CT molecular complexity index is 120. The Labute approximate surface area is 71.3 Å². The molecule has 0 aromatic rings. The highest BCUT2D eigenvalue weighted by Crippen LogP contribution is 2.56. The molecule has 6 heteroatoms. The van der Waals surface area contributed by atoms with Crippen molar-refractivity contribution in [3.05, 3.63) is 0 Å². The smallest absolute Gasteiger partial charge is 0.376 e. The minimum Gasteiger partial charge on any atom is -0.376 e. The number of hydrogen-bond donors (Lipinski definition) is 3. The van der Waals surface area contributed by atoms with Gasteiger partial charge in [-0.15, -0.1) is 0 Å². The zero-order valence-corrected chi connectivity index (χ0v) is 7.80. The molecule has 1 aliphatic heterocycles. The molecule has 11 heavy (non-hydrogen) atoms. The van der Waals surface area contributed by atoms with Crippen LogP contribution < -0.4 is 0 Å². The molecule has 0 aromatic heterocycles. The quantitative estimate of drug-likeness (QED) is 0.464. The largest absolute Gasteiger partial charge is 0.472 e. The van der Waals surface area contributed by atoms with Gasteiger partial charge in [0.25, 0.3) is 0 Å². The molecule has 1 heterocycles. The molecule has 1 saturated heterocycles. The summed E-state index contributed by atoms with van der Waals surface area (Å²) in [4.78, 5) is 17.5. The first kappa shape index (κ1) is 9.71. The van der Waals surface area contributed by atoms with Gasteiger partial charge < -0.3 is 4.74 Å². The van der Waals surface area contributed by atoms with E-state index in [0.29, 0.717) is 0 Å². The van der Waals surface area contributed by atoms with Crippen molar-refractivity contribution in [2.75, 3.05) is 13.2 Å². The lowest BCUT2D eigenvalue weighted by Crippen LogP contribution is -2.13. The van der Waals surface area contributed by atoms with Gasteiger partial charge in [-0.25, -0.2) is 0 Å². The molecule has 0 bridgehead atoms. The third-order valence-corrected chi connectivity index (χ3v) is 2.30. The van der Waals surface area contributed by atoms with Crippen molar-refractivity contribution in [1.82, 2.24) is 0 Å². The van der Waals surface area contributed by atoms with Gasteiger partial charge in [0, 0.05) is 6.61 Å². The van der Waals surface area contributed by atoms with Gasteiger partial charge in [-0.05, 0) is 12.8 Å². The molecule has 0 aliphatic carbocycles. The number of ether oxygens (including phenoxy) is 1. The molecule has 1 aliphatic rings. The Morgan fingerprint density at radius 2 is 2.36 bits per heavy atom. The summed E-state index contributed by atoms with van der Waals surface area (Å²) in [7, 11) is -3.35. The first-order valence-electron chi connectivity index (χ1n) is 3.41. The van der Waals surface area contributed by atoms with E-state index >= 15 is 0 Å². The Kier molecular flexibility index (Phi) is 3.55. The van der Waals surface area contributed by atoms with Crippen LogP contribution in [0.1, 0.15) is 12.8 Å². The van der Waals surface area contributed by atoms with Crippen LogP contribution in [0.5, 0.6) is 0 Å². The molecule has 0 radical (unpaired) electrons. The summed E-state index contributed by atoms with van der Waals surface area (Å²) in [6.07, 6.45) is 1.96. The lowest BCUT2D eigenvalue weighted by Gasteiger charge is -2.08. The third kappa shape index (κ3) is 4.25. The Balaban J connectivity index is 2.11. The molecule has 66 valence electrons. The van der Waals surface area contributed by atoms with Gasteiger partial charge in [0.15, 0.2) is 0 Å². The maximum atomic E-state index is 8.73. The molecule has 0 saturated carbocycles. The molecule has 0 aromatic carbocycles. The van der Waals surface area contributed by atoms with E-state index in [2.05, 4.69) is 16.8 Å². The van der Waals surface area contributed by atoms with Crippen molar-refractivity contribution in [1.29, 1.82) is 0 Å². The maximum absolute atomic E-state index is 8.73. The fourth-order valence-electron chi connectivity index (χ4n) is 0.959. The van der Waals surface area contributed by atoms with E-state index in [1.165, 1.54) is 0 Å². The number of hydrogen-bond acceptors (Lipinski definition) is 5. The first-order chi connectivity index (χ1) is 5.08. The average Bonchev–Trinajstić information content (AvgIpc) is 2.32. The van der Waals surface area contributed by atoms with Gasteiger partial charge in [-0.1, -0.05) is 0 Å². The summed E-state index contributed by atoms with van der Waals surface area (Å²) < 4.78 is 9.86. The predicted molar refractivity (Wildman–Crippen MR) is 45.3 cm³/mol. The molecule has 0 spiro atoms. The summed E-state index contributed by atoms with van der Waals surface area (Å²) in [5, 5.41) is 0. The minimum absolute atomic E-state index is 0.0147. The van der Waals surface area contributed by atoms with E-state index in [0.717, 1.165) is 19.4 Å². The summed E-state index contributed by atoms with van der Waals surface area (Å²) in [6, 6.07) is 0. The molecule has 1 fully saturated rings. The summed E-state index contributed by atoms with van der Waals surface area (Å²) in [5.74, 6) is 0. The van der Waals surface area contributed by atoms with Crippen molar-refractivity contribution in [2.45, 2.75) is 18.9 Å². The molecule has 1 rings (SSSR count). The molecular weight excluding hydrogens is 187 g/mol. The van der Waals surface area contributed by atoms with Crippen LogP contribution in [-0.4, -0.2) is 29.1 Å². The second-order valence-corrected chi connectivity index (χ2v) is 5.29. The van der Waals surface area contributed by atoms with Gasteiger partial charge >= 0.3 is 7.15 Å². The molecule has 0 amide bonds. The fraction of sp³-hybridized carbons (Fsp3) is 1.00. The lowest BCUT2D eigenvalue weighted by molar-refractivity contribution is 0.0619. The SMILES string of the molecule is O[P+](O)(S)OCC1CCCO1. The van der Waals surface area contributed by atoms with Crippen LogP contribution >= 0.6 is 19.4 Å². The van der Waals surface area contributed by atoms with Gasteiger partial charge in [0.05, 0.1) is 18.4 Å². The molecule has 2 N–H and O–H groups in total. The predicted octanol–water partition coefficient (Wildman–Crippen LogP) is 0.774.